The van der Waals surface area contributed by atoms with Crippen LogP contribution in [0, 0.1) is 17.1 Å². The van der Waals surface area contributed by atoms with Gasteiger partial charge in [-0.3, -0.25) is 4.79 Å². The van der Waals surface area contributed by atoms with Crippen LogP contribution in [-0.2, 0) is 17.7 Å². The standard InChI is InChI=1S/C16H15FN2O2/c1-21-11-10-19-15(12-2-5-14(17)6-3-12)7-4-13(8-9-18)16(19)20/h2-7H,8,10-11H2,1H3. The smallest absolute Gasteiger partial charge is 0.255 e. The van der Waals surface area contributed by atoms with E-state index in [9.17, 15) is 9.18 Å². The fourth-order valence-electron chi connectivity index (χ4n) is 2.12. The van der Waals surface area contributed by atoms with E-state index in [0.29, 0.717) is 24.4 Å². The maximum Gasteiger partial charge on any atom is 0.255 e. The SMILES string of the molecule is COCCn1c(-c2ccc(F)cc2)ccc(CC#N)c1=O. The molecule has 0 saturated carbocycles. The monoisotopic (exact) mass is 286 g/mol. The second-order valence-electron chi connectivity index (χ2n) is 4.54. The summed E-state index contributed by atoms with van der Waals surface area (Å²) in [5.74, 6) is -0.328. The molecule has 4 nitrogen and oxygen atoms in total. The predicted molar refractivity (Wildman–Crippen MR) is 77.3 cm³/mol. The van der Waals surface area contributed by atoms with Crippen molar-refractivity contribution in [3.63, 3.8) is 0 Å². The van der Waals surface area contributed by atoms with E-state index in [2.05, 4.69) is 0 Å². The molecule has 0 aliphatic carbocycles. The van der Waals surface area contributed by atoms with Crippen molar-refractivity contribution in [2.45, 2.75) is 13.0 Å². The number of nitrogens with zero attached hydrogens (tertiary/aromatic N) is 2. The van der Waals surface area contributed by atoms with Gasteiger partial charge in [0.2, 0.25) is 0 Å². The Balaban J connectivity index is 2.54. The van der Waals surface area contributed by atoms with Crippen LogP contribution in [0.2, 0.25) is 0 Å². The van der Waals surface area contributed by atoms with Gasteiger partial charge in [-0.05, 0) is 35.9 Å². The Hall–Kier alpha value is -2.45. The number of ether oxygens (including phenoxy) is 1. The average molecular weight is 286 g/mol. The molecular formula is C16H15FN2O2. The fourth-order valence-corrected chi connectivity index (χ4v) is 2.12. The molecule has 0 atom stereocenters. The summed E-state index contributed by atoms with van der Waals surface area (Å²) >= 11 is 0. The van der Waals surface area contributed by atoms with E-state index in [0.717, 1.165) is 5.56 Å². The number of hydrogen-bond donors (Lipinski definition) is 0. The Kier molecular flexibility index (Phi) is 4.85. The maximum absolute atomic E-state index is 13.0. The van der Waals surface area contributed by atoms with Crippen molar-refractivity contribution >= 4 is 0 Å². The summed E-state index contributed by atoms with van der Waals surface area (Å²) in [6, 6.07) is 11.3. The third kappa shape index (κ3) is 3.36. The van der Waals surface area contributed by atoms with Gasteiger partial charge >= 0.3 is 0 Å². The molecule has 5 heteroatoms. The van der Waals surface area contributed by atoms with E-state index in [1.807, 2.05) is 6.07 Å². The van der Waals surface area contributed by atoms with Gasteiger partial charge in [0.25, 0.3) is 5.56 Å². The first kappa shape index (κ1) is 14.9. The van der Waals surface area contributed by atoms with Gasteiger partial charge in [0.1, 0.15) is 5.82 Å². The molecule has 2 aromatic rings. The zero-order valence-electron chi connectivity index (χ0n) is 11.7. The van der Waals surface area contributed by atoms with Crippen molar-refractivity contribution in [3.8, 4) is 17.3 Å². The van der Waals surface area contributed by atoms with Crippen LogP contribution in [0.15, 0.2) is 41.2 Å². The highest BCUT2D eigenvalue weighted by Gasteiger charge is 2.10. The minimum absolute atomic E-state index is 0.0650. The van der Waals surface area contributed by atoms with Gasteiger partial charge in [-0.15, -0.1) is 0 Å². The zero-order valence-corrected chi connectivity index (χ0v) is 11.7. The number of benzene rings is 1. The summed E-state index contributed by atoms with van der Waals surface area (Å²) in [6.07, 6.45) is 0.0650. The molecule has 0 aliphatic rings. The molecule has 0 radical (unpaired) electrons. The number of methoxy groups -OCH3 is 1. The van der Waals surface area contributed by atoms with Gasteiger partial charge < -0.3 is 9.30 Å². The van der Waals surface area contributed by atoms with Crippen LogP contribution < -0.4 is 5.56 Å². The normalized spacial score (nSPS) is 10.3. The number of halogens is 1. The molecule has 0 saturated heterocycles. The van der Waals surface area contributed by atoms with Gasteiger partial charge in [-0.2, -0.15) is 5.26 Å². The molecular weight excluding hydrogens is 271 g/mol. The van der Waals surface area contributed by atoms with E-state index in [1.54, 1.807) is 35.9 Å². The van der Waals surface area contributed by atoms with Crippen LogP contribution in [0.25, 0.3) is 11.3 Å². The second kappa shape index (κ2) is 6.82. The fraction of sp³-hybridized carbons (Fsp3) is 0.250. The summed E-state index contributed by atoms with van der Waals surface area (Å²) in [7, 11) is 1.56. The van der Waals surface area contributed by atoms with Crippen molar-refractivity contribution in [2.75, 3.05) is 13.7 Å². The quantitative estimate of drug-likeness (QED) is 0.848. The highest BCUT2D eigenvalue weighted by atomic mass is 19.1. The van der Waals surface area contributed by atoms with Crippen molar-refractivity contribution in [2.24, 2.45) is 0 Å². The van der Waals surface area contributed by atoms with Gasteiger partial charge in [0.15, 0.2) is 0 Å². The first-order chi connectivity index (χ1) is 10.2. The van der Waals surface area contributed by atoms with Crippen molar-refractivity contribution in [1.82, 2.24) is 4.57 Å². The first-order valence-corrected chi connectivity index (χ1v) is 6.52. The molecule has 1 aromatic carbocycles. The third-order valence-electron chi connectivity index (χ3n) is 3.18. The topological polar surface area (TPSA) is 55.0 Å². The van der Waals surface area contributed by atoms with Crippen LogP contribution in [0.5, 0.6) is 0 Å². The molecule has 21 heavy (non-hydrogen) atoms. The van der Waals surface area contributed by atoms with Gasteiger partial charge in [-0.1, -0.05) is 6.07 Å². The third-order valence-corrected chi connectivity index (χ3v) is 3.18. The van der Waals surface area contributed by atoms with Gasteiger partial charge in [0, 0.05) is 19.2 Å². The lowest BCUT2D eigenvalue weighted by Crippen LogP contribution is -2.26. The Bertz CT molecular complexity index is 715. The van der Waals surface area contributed by atoms with Gasteiger partial charge in [0.05, 0.1) is 24.8 Å². The van der Waals surface area contributed by atoms with E-state index < -0.39 is 0 Å². The molecule has 108 valence electrons. The first-order valence-electron chi connectivity index (χ1n) is 6.52. The Morgan fingerprint density at radius 1 is 1.24 bits per heavy atom. The number of rotatable bonds is 5. The summed E-state index contributed by atoms with van der Waals surface area (Å²) in [5.41, 5.74) is 1.65. The van der Waals surface area contributed by atoms with Gasteiger partial charge in [-0.25, -0.2) is 4.39 Å². The van der Waals surface area contributed by atoms with Crippen molar-refractivity contribution < 1.29 is 9.13 Å². The van der Waals surface area contributed by atoms with Crippen molar-refractivity contribution in [1.29, 1.82) is 5.26 Å². The molecule has 1 aromatic heterocycles. The number of pyridine rings is 1. The number of aromatic nitrogens is 1. The summed E-state index contributed by atoms with van der Waals surface area (Å²) in [6.45, 7) is 0.755. The van der Waals surface area contributed by atoms with Crippen LogP contribution in [-0.4, -0.2) is 18.3 Å². The molecule has 0 bridgehead atoms. The van der Waals surface area contributed by atoms with E-state index in [4.69, 9.17) is 10.00 Å². The van der Waals surface area contributed by atoms with E-state index in [-0.39, 0.29) is 17.8 Å². The zero-order chi connectivity index (χ0) is 15.2. The minimum atomic E-state index is -0.328. The lowest BCUT2D eigenvalue weighted by Gasteiger charge is -2.14. The van der Waals surface area contributed by atoms with Crippen LogP contribution in [0.1, 0.15) is 5.56 Å². The Labute approximate surface area is 122 Å². The summed E-state index contributed by atoms with van der Waals surface area (Å²) in [5, 5.41) is 8.76. The lowest BCUT2D eigenvalue weighted by atomic mass is 10.1. The highest BCUT2D eigenvalue weighted by molar-refractivity contribution is 5.59. The number of nitriles is 1. The van der Waals surface area contributed by atoms with Crippen LogP contribution >= 0.6 is 0 Å². The summed E-state index contributed by atoms with van der Waals surface area (Å²) < 4.78 is 19.6. The van der Waals surface area contributed by atoms with Crippen LogP contribution in [0.4, 0.5) is 4.39 Å². The van der Waals surface area contributed by atoms with Crippen LogP contribution in [0.3, 0.4) is 0 Å². The molecule has 0 amide bonds. The largest absolute Gasteiger partial charge is 0.383 e. The second-order valence-corrected chi connectivity index (χ2v) is 4.54. The molecule has 0 aliphatic heterocycles. The molecule has 0 N–H and O–H groups in total. The molecule has 0 unspecified atom stereocenters. The van der Waals surface area contributed by atoms with E-state index in [1.165, 1.54) is 12.1 Å². The predicted octanol–water partition coefficient (Wildman–Crippen LogP) is 2.37. The average Bonchev–Trinajstić information content (AvgIpc) is 2.49. The Morgan fingerprint density at radius 2 is 1.95 bits per heavy atom. The molecule has 0 spiro atoms. The number of hydrogen-bond acceptors (Lipinski definition) is 3. The highest BCUT2D eigenvalue weighted by Crippen LogP contribution is 2.19. The summed E-state index contributed by atoms with van der Waals surface area (Å²) in [4.78, 5) is 12.4. The lowest BCUT2D eigenvalue weighted by molar-refractivity contribution is 0.186. The molecule has 0 fully saturated rings. The Morgan fingerprint density at radius 3 is 2.57 bits per heavy atom. The molecule has 1 heterocycles. The van der Waals surface area contributed by atoms with Crippen molar-refractivity contribution in [3.05, 3.63) is 58.1 Å². The minimum Gasteiger partial charge on any atom is -0.383 e. The maximum atomic E-state index is 13.0. The van der Waals surface area contributed by atoms with E-state index >= 15 is 0 Å². The molecule has 2 rings (SSSR count).